The van der Waals surface area contributed by atoms with Gasteiger partial charge in [0.15, 0.2) is 5.78 Å². The van der Waals surface area contributed by atoms with E-state index >= 15 is 0 Å². The van der Waals surface area contributed by atoms with Gasteiger partial charge in [0.1, 0.15) is 5.69 Å². The summed E-state index contributed by atoms with van der Waals surface area (Å²) in [6, 6.07) is 0. The van der Waals surface area contributed by atoms with Crippen molar-refractivity contribution < 1.29 is 4.79 Å². The van der Waals surface area contributed by atoms with E-state index in [2.05, 4.69) is 38.0 Å². The molecule has 4 heteroatoms. The van der Waals surface area contributed by atoms with Gasteiger partial charge < -0.3 is 0 Å². The Bertz CT molecular complexity index is 349. The fourth-order valence-electron chi connectivity index (χ4n) is 1.23. The second-order valence-electron chi connectivity index (χ2n) is 5.14. The summed E-state index contributed by atoms with van der Waals surface area (Å²) in [5, 5.41) is 7.46. The smallest absolute Gasteiger partial charge is 0.182 e. The lowest BCUT2D eigenvalue weighted by Gasteiger charge is -2.26. The van der Waals surface area contributed by atoms with Gasteiger partial charge in [-0.05, 0) is 11.3 Å². The number of carbonyl (C=O) groups excluding carboxylic acids is 1. The second kappa shape index (κ2) is 4.13. The normalized spacial score (nSPS) is 13.9. The molecule has 0 aliphatic carbocycles. The molecule has 84 valence electrons. The molecule has 1 atom stereocenters. The van der Waals surface area contributed by atoms with Gasteiger partial charge >= 0.3 is 0 Å². The van der Waals surface area contributed by atoms with E-state index in [1.807, 2.05) is 0 Å². The van der Waals surface area contributed by atoms with Crippen LogP contribution in [0.4, 0.5) is 0 Å². The lowest BCUT2D eigenvalue weighted by atomic mass is 9.79. The molecule has 15 heavy (non-hydrogen) atoms. The van der Waals surface area contributed by atoms with Crippen molar-refractivity contribution >= 4 is 5.78 Å². The zero-order valence-electron chi connectivity index (χ0n) is 10.1. The Morgan fingerprint density at radius 1 is 1.53 bits per heavy atom. The molecule has 0 aliphatic rings. The third-order valence-electron chi connectivity index (χ3n) is 2.97. The number of Topliss-reactive ketones (excluding diaryl/α,β-unsaturated/α-hetero) is 1. The van der Waals surface area contributed by atoms with Crippen LogP contribution in [0, 0.1) is 11.3 Å². The molecule has 0 saturated heterocycles. The Hall–Kier alpha value is -1.19. The topological polar surface area (TPSA) is 47.8 Å². The van der Waals surface area contributed by atoms with Crippen molar-refractivity contribution in [2.45, 2.75) is 34.1 Å². The first-order chi connectivity index (χ1) is 6.82. The summed E-state index contributed by atoms with van der Waals surface area (Å²) in [7, 11) is 1.74. The molecule has 4 nitrogen and oxygen atoms in total. The van der Waals surface area contributed by atoms with Crippen LogP contribution >= 0.6 is 0 Å². The molecular formula is C11H19N3O. The summed E-state index contributed by atoms with van der Waals surface area (Å²) in [6.07, 6.45) is 2.07. The first-order valence-electron chi connectivity index (χ1n) is 5.20. The highest BCUT2D eigenvalue weighted by Gasteiger charge is 2.24. The van der Waals surface area contributed by atoms with Crippen LogP contribution in [-0.4, -0.2) is 20.8 Å². The van der Waals surface area contributed by atoms with Crippen molar-refractivity contribution in [3.8, 4) is 0 Å². The third-order valence-corrected chi connectivity index (χ3v) is 2.97. The molecule has 0 aliphatic heterocycles. The van der Waals surface area contributed by atoms with Crippen LogP contribution in [-0.2, 0) is 7.05 Å². The van der Waals surface area contributed by atoms with E-state index in [1.54, 1.807) is 7.05 Å². The number of nitrogens with zero attached hydrogens (tertiary/aromatic N) is 3. The van der Waals surface area contributed by atoms with Gasteiger partial charge in [0, 0.05) is 13.5 Å². The minimum absolute atomic E-state index is 0.116. The van der Waals surface area contributed by atoms with Gasteiger partial charge in [-0.25, -0.2) is 4.68 Å². The number of carbonyl (C=O) groups is 1. The third kappa shape index (κ3) is 2.88. The number of aromatic nitrogens is 3. The highest BCUT2D eigenvalue weighted by atomic mass is 16.1. The van der Waals surface area contributed by atoms with E-state index < -0.39 is 0 Å². The summed E-state index contributed by atoms with van der Waals surface area (Å²) in [4.78, 5) is 11.9. The Labute approximate surface area is 90.7 Å². The maximum absolute atomic E-state index is 11.9. The van der Waals surface area contributed by atoms with Crippen LogP contribution in [0.2, 0.25) is 0 Å². The van der Waals surface area contributed by atoms with Gasteiger partial charge in [-0.3, -0.25) is 4.79 Å². The molecular weight excluding hydrogens is 190 g/mol. The summed E-state index contributed by atoms with van der Waals surface area (Å²) < 4.78 is 1.53. The molecule has 0 aromatic carbocycles. The highest BCUT2D eigenvalue weighted by molar-refractivity contribution is 5.94. The lowest BCUT2D eigenvalue weighted by molar-refractivity contribution is 0.0918. The van der Waals surface area contributed by atoms with Gasteiger partial charge in [0.25, 0.3) is 0 Å². The van der Waals surface area contributed by atoms with E-state index in [9.17, 15) is 4.79 Å². The maximum Gasteiger partial charge on any atom is 0.182 e. The maximum atomic E-state index is 11.9. The van der Waals surface area contributed by atoms with Crippen molar-refractivity contribution in [3.05, 3.63) is 11.9 Å². The van der Waals surface area contributed by atoms with Crippen molar-refractivity contribution in [1.29, 1.82) is 0 Å². The summed E-state index contributed by atoms with van der Waals surface area (Å²) >= 11 is 0. The van der Waals surface area contributed by atoms with Gasteiger partial charge in [-0.15, -0.1) is 5.10 Å². The number of aryl methyl sites for hydroxylation is 1. The number of hydrogen-bond donors (Lipinski definition) is 0. The lowest BCUT2D eigenvalue weighted by Crippen LogP contribution is -2.21. The predicted molar refractivity (Wildman–Crippen MR) is 58.6 cm³/mol. The molecule has 0 fully saturated rings. The first kappa shape index (κ1) is 11.9. The molecule has 0 radical (unpaired) electrons. The van der Waals surface area contributed by atoms with Crippen LogP contribution in [0.5, 0.6) is 0 Å². The molecule has 0 spiro atoms. The van der Waals surface area contributed by atoms with Crippen LogP contribution in [0.3, 0.4) is 0 Å². The average molecular weight is 209 g/mol. The fraction of sp³-hybridized carbons (Fsp3) is 0.727. The monoisotopic (exact) mass is 209 g/mol. The molecule has 1 aromatic heterocycles. The van der Waals surface area contributed by atoms with Crippen molar-refractivity contribution in [1.82, 2.24) is 15.0 Å². The Balaban J connectivity index is 2.69. The van der Waals surface area contributed by atoms with Gasteiger partial charge in [0.05, 0.1) is 6.20 Å². The molecule has 1 rings (SSSR count). The summed E-state index contributed by atoms with van der Waals surface area (Å²) in [5.74, 6) is 0.463. The van der Waals surface area contributed by atoms with E-state index in [-0.39, 0.29) is 11.2 Å². The van der Waals surface area contributed by atoms with Gasteiger partial charge in [0.2, 0.25) is 0 Å². The molecule has 0 N–H and O–H groups in total. The van der Waals surface area contributed by atoms with Crippen LogP contribution in [0.25, 0.3) is 0 Å². The highest BCUT2D eigenvalue weighted by Crippen LogP contribution is 2.28. The predicted octanol–water partition coefficient (Wildman–Crippen LogP) is 2.07. The van der Waals surface area contributed by atoms with Crippen LogP contribution in [0.1, 0.15) is 44.6 Å². The zero-order valence-corrected chi connectivity index (χ0v) is 10.1. The van der Waals surface area contributed by atoms with E-state index in [0.29, 0.717) is 18.0 Å². The zero-order chi connectivity index (χ0) is 11.6. The van der Waals surface area contributed by atoms with Crippen LogP contribution in [0.15, 0.2) is 6.20 Å². The van der Waals surface area contributed by atoms with E-state index in [1.165, 1.54) is 10.9 Å². The van der Waals surface area contributed by atoms with Gasteiger partial charge in [-0.1, -0.05) is 32.9 Å². The first-order valence-corrected chi connectivity index (χ1v) is 5.20. The molecule has 0 bridgehead atoms. The van der Waals surface area contributed by atoms with E-state index in [0.717, 1.165) is 0 Å². The Kier molecular flexibility index (Phi) is 3.27. The summed E-state index contributed by atoms with van der Waals surface area (Å²) in [5.41, 5.74) is 0.743. The minimum atomic E-state index is 0.116. The standard InChI is InChI=1S/C11H19N3O/c1-8(11(2,3)4)6-10(15)9-7-12-13-14(9)5/h7-8H,6H2,1-5H3. The Morgan fingerprint density at radius 3 is 2.53 bits per heavy atom. The van der Waals surface area contributed by atoms with E-state index in [4.69, 9.17) is 0 Å². The minimum Gasteiger partial charge on any atom is -0.292 e. The molecule has 1 unspecified atom stereocenters. The number of hydrogen-bond acceptors (Lipinski definition) is 3. The fourth-order valence-corrected chi connectivity index (χ4v) is 1.23. The molecule has 1 heterocycles. The average Bonchev–Trinajstić information content (AvgIpc) is 2.49. The molecule has 1 aromatic rings. The molecule has 0 amide bonds. The largest absolute Gasteiger partial charge is 0.292 e. The SMILES string of the molecule is CC(CC(=O)c1cnnn1C)C(C)(C)C. The molecule has 0 saturated carbocycles. The number of rotatable bonds is 3. The van der Waals surface area contributed by atoms with Crippen molar-refractivity contribution in [2.75, 3.05) is 0 Å². The van der Waals surface area contributed by atoms with Crippen LogP contribution < -0.4 is 0 Å². The van der Waals surface area contributed by atoms with Gasteiger partial charge in [-0.2, -0.15) is 0 Å². The Morgan fingerprint density at radius 2 is 2.13 bits per heavy atom. The number of ketones is 1. The summed E-state index contributed by atoms with van der Waals surface area (Å²) in [6.45, 7) is 8.53. The van der Waals surface area contributed by atoms with Crippen molar-refractivity contribution in [3.63, 3.8) is 0 Å². The second-order valence-corrected chi connectivity index (χ2v) is 5.14. The van der Waals surface area contributed by atoms with Crippen molar-refractivity contribution in [2.24, 2.45) is 18.4 Å². The quantitative estimate of drug-likeness (QED) is 0.716.